The Bertz CT molecular complexity index is 492. The molecule has 17 heavy (non-hydrogen) atoms. The lowest BCUT2D eigenvalue weighted by Gasteiger charge is -2.00. The second-order valence-electron chi connectivity index (χ2n) is 3.27. The molecule has 0 atom stereocenters. The van der Waals surface area contributed by atoms with Gasteiger partial charge in [0.05, 0.1) is 12.0 Å². The van der Waals surface area contributed by atoms with Crippen molar-refractivity contribution in [1.29, 1.82) is 0 Å². The molecule has 1 aliphatic heterocycles. The Balaban J connectivity index is 2.17. The molecule has 1 aromatic rings. The van der Waals surface area contributed by atoms with Crippen molar-refractivity contribution in [2.75, 3.05) is 13.4 Å². The van der Waals surface area contributed by atoms with Crippen LogP contribution in [0.4, 0.5) is 0 Å². The number of rotatable bonds is 2. The molecule has 0 spiro atoms. The molecular weight excluding hydrogens is 254 g/mol. The Morgan fingerprint density at radius 1 is 1.35 bits per heavy atom. The van der Waals surface area contributed by atoms with Gasteiger partial charge in [0.1, 0.15) is 10.1 Å². The minimum atomic E-state index is -0.157. The van der Waals surface area contributed by atoms with Gasteiger partial charge in [0.2, 0.25) is 0 Å². The van der Waals surface area contributed by atoms with E-state index in [-0.39, 0.29) is 5.91 Å². The van der Waals surface area contributed by atoms with Gasteiger partial charge in [-0.2, -0.15) is 4.99 Å². The Hall–Kier alpha value is -1.20. The number of carbonyl (C=O) groups excluding carboxylic acids is 1. The van der Waals surface area contributed by atoms with E-state index in [0.717, 1.165) is 15.7 Å². The molecule has 1 heterocycles. The molecule has 0 saturated carbocycles. The van der Waals surface area contributed by atoms with Crippen LogP contribution in [0.5, 0.6) is 5.75 Å². The summed E-state index contributed by atoms with van der Waals surface area (Å²) in [4.78, 5) is 16.2. The van der Waals surface area contributed by atoms with Gasteiger partial charge in [-0.05, 0) is 30.0 Å². The molecule has 0 radical (unpaired) electrons. The first-order chi connectivity index (χ1) is 8.22. The van der Waals surface area contributed by atoms with Crippen LogP contribution in [0, 0.1) is 0 Å². The largest absolute Gasteiger partial charge is 0.497 e. The lowest BCUT2D eigenvalue weighted by Crippen LogP contribution is -1.88. The summed E-state index contributed by atoms with van der Waals surface area (Å²) < 4.78 is 5.88. The Labute approximate surface area is 108 Å². The smallest absolute Gasteiger partial charge is 0.285 e. The highest BCUT2D eigenvalue weighted by molar-refractivity contribution is 8.40. The number of hydrogen-bond acceptors (Lipinski definition) is 4. The molecule has 0 saturated heterocycles. The third-order valence-electron chi connectivity index (χ3n) is 2.19. The Morgan fingerprint density at radius 3 is 2.59 bits per heavy atom. The second-order valence-corrected chi connectivity index (χ2v) is 5.35. The molecule has 1 aliphatic rings. The highest BCUT2D eigenvalue weighted by atomic mass is 32.2. The van der Waals surface area contributed by atoms with E-state index in [1.165, 1.54) is 23.5 Å². The fourth-order valence-corrected chi connectivity index (χ4v) is 2.75. The molecule has 88 valence electrons. The van der Waals surface area contributed by atoms with E-state index in [4.69, 9.17) is 4.74 Å². The number of methoxy groups -OCH3 is 1. The third kappa shape index (κ3) is 2.92. The molecule has 0 fully saturated rings. The summed E-state index contributed by atoms with van der Waals surface area (Å²) in [6, 6.07) is 7.56. The highest BCUT2D eigenvalue weighted by Gasteiger charge is 2.20. The van der Waals surface area contributed by atoms with Gasteiger partial charge in [0.25, 0.3) is 5.91 Å². The zero-order valence-electron chi connectivity index (χ0n) is 9.47. The first-order valence-electron chi connectivity index (χ1n) is 4.93. The molecule has 1 amide bonds. The Morgan fingerprint density at radius 2 is 2.06 bits per heavy atom. The molecule has 3 nitrogen and oxygen atoms in total. The standard InChI is InChI=1S/C12H11NO2S2/c1-15-9-5-3-8(4-6-9)7-10-11(14)13-12(16-2)17-10/h3-7H,1-2H3/b10-7+. The zero-order valence-corrected chi connectivity index (χ0v) is 11.1. The fourth-order valence-electron chi connectivity index (χ4n) is 1.33. The lowest BCUT2D eigenvalue weighted by molar-refractivity contribution is -0.113. The van der Waals surface area contributed by atoms with E-state index in [2.05, 4.69) is 4.99 Å². The van der Waals surface area contributed by atoms with Gasteiger partial charge in [0, 0.05) is 0 Å². The fraction of sp³-hybridized carbons (Fsp3) is 0.167. The number of hydrogen-bond donors (Lipinski definition) is 0. The van der Waals surface area contributed by atoms with Gasteiger partial charge in [-0.1, -0.05) is 23.9 Å². The maximum Gasteiger partial charge on any atom is 0.285 e. The van der Waals surface area contributed by atoms with Gasteiger partial charge in [-0.3, -0.25) is 4.79 Å². The monoisotopic (exact) mass is 265 g/mol. The van der Waals surface area contributed by atoms with Gasteiger partial charge < -0.3 is 4.74 Å². The molecule has 2 rings (SSSR count). The molecule has 1 aromatic carbocycles. The van der Waals surface area contributed by atoms with Crippen molar-refractivity contribution in [3.05, 3.63) is 34.7 Å². The summed E-state index contributed by atoms with van der Waals surface area (Å²) in [5.41, 5.74) is 0.971. The summed E-state index contributed by atoms with van der Waals surface area (Å²) in [5, 5.41) is 0. The van der Waals surface area contributed by atoms with Crippen LogP contribution in [0.15, 0.2) is 34.2 Å². The van der Waals surface area contributed by atoms with Crippen LogP contribution in [-0.4, -0.2) is 23.6 Å². The SMILES string of the molecule is COc1ccc(/C=C2/SC(SC)=NC2=O)cc1. The van der Waals surface area contributed by atoms with E-state index in [1.807, 2.05) is 36.6 Å². The van der Waals surface area contributed by atoms with E-state index in [0.29, 0.717) is 4.91 Å². The van der Waals surface area contributed by atoms with Crippen LogP contribution in [0.2, 0.25) is 0 Å². The van der Waals surface area contributed by atoms with Crippen LogP contribution in [0.3, 0.4) is 0 Å². The topological polar surface area (TPSA) is 38.7 Å². The van der Waals surface area contributed by atoms with Crippen LogP contribution < -0.4 is 4.74 Å². The van der Waals surface area contributed by atoms with Gasteiger partial charge in [-0.15, -0.1) is 11.8 Å². The van der Waals surface area contributed by atoms with Crippen molar-refractivity contribution in [2.45, 2.75) is 0 Å². The maximum atomic E-state index is 11.6. The maximum absolute atomic E-state index is 11.6. The molecule has 0 aromatic heterocycles. The Kier molecular flexibility index (Phi) is 3.91. The number of thioether (sulfide) groups is 2. The quantitative estimate of drug-likeness (QED) is 0.770. The second kappa shape index (κ2) is 5.42. The third-order valence-corrected chi connectivity index (χ3v) is 4.16. The number of amides is 1. The van der Waals surface area contributed by atoms with Crippen molar-refractivity contribution in [1.82, 2.24) is 0 Å². The first-order valence-corrected chi connectivity index (χ1v) is 6.97. The molecule has 0 unspecified atom stereocenters. The van der Waals surface area contributed by atoms with E-state index in [1.54, 1.807) is 7.11 Å². The highest BCUT2D eigenvalue weighted by Crippen LogP contribution is 2.32. The summed E-state index contributed by atoms with van der Waals surface area (Å²) in [6.45, 7) is 0. The number of ether oxygens (including phenoxy) is 1. The predicted octanol–water partition coefficient (Wildman–Crippen LogP) is 3.03. The minimum Gasteiger partial charge on any atom is -0.497 e. The molecule has 0 aliphatic carbocycles. The average Bonchev–Trinajstić information content (AvgIpc) is 2.71. The van der Waals surface area contributed by atoms with E-state index in [9.17, 15) is 4.79 Å². The van der Waals surface area contributed by atoms with Gasteiger partial charge in [-0.25, -0.2) is 0 Å². The van der Waals surface area contributed by atoms with Crippen molar-refractivity contribution < 1.29 is 9.53 Å². The molecule has 5 heteroatoms. The lowest BCUT2D eigenvalue weighted by atomic mass is 10.2. The van der Waals surface area contributed by atoms with Crippen molar-refractivity contribution >= 4 is 39.9 Å². The van der Waals surface area contributed by atoms with Crippen LogP contribution in [0.1, 0.15) is 5.56 Å². The van der Waals surface area contributed by atoms with Crippen LogP contribution >= 0.6 is 23.5 Å². The summed E-state index contributed by atoms with van der Waals surface area (Å²) in [5.74, 6) is 0.647. The average molecular weight is 265 g/mol. The van der Waals surface area contributed by atoms with Crippen molar-refractivity contribution in [3.63, 3.8) is 0 Å². The molecular formula is C12H11NO2S2. The number of aliphatic imine (C=N–C) groups is 1. The molecule has 0 N–H and O–H groups in total. The number of benzene rings is 1. The first kappa shape index (κ1) is 12.3. The predicted molar refractivity (Wildman–Crippen MR) is 74.5 cm³/mol. The van der Waals surface area contributed by atoms with Crippen molar-refractivity contribution in [3.8, 4) is 5.75 Å². The molecule has 0 bridgehead atoms. The number of carbonyl (C=O) groups is 1. The van der Waals surface area contributed by atoms with Crippen molar-refractivity contribution in [2.24, 2.45) is 4.99 Å². The number of nitrogens with zero attached hydrogens (tertiary/aromatic N) is 1. The van der Waals surface area contributed by atoms with E-state index < -0.39 is 0 Å². The van der Waals surface area contributed by atoms with Crippen LogP contribution in [0.25, 0.3) is 6.08 Å². The summed E-state index contributed by atoms with van der Waals surface area (Å²) in [6.07, 6.45) is 3.76. The van der Waals surface area contributed by atoms with E-state index >= 15 is 0 Å². The van der Waals surface area contributed by atoms with Gasteiger partial charge >= 0.3 is 0 Å². The minimum absolute atomic E-state index is 0.157. The summed E-state index contributed by atoms with van der Waals surface area (Å²) >= 11 is 2.90. The zero-order chi connectivity index (χ0) is 12.3. The summed E-state index contributed by atoms with van der Waals surface area (Å²) in [7, 11) is 1.63. The van der Waals surface area contributed by atoms with Crippen LogP contribution in [-0.2, 0) is 4.79 Å². The van der Waals surface area contributed by atoms with Gasteiger partial charge in [0.15, 0.2) is 0 Å². The normalized spacial score (nSPS) is 17.4.